The van der Waals surface area contributed by atoms with Crippen molar-refractivity contribution in [3.8, 4) is 11.8 Å². The number of aromatic amines is 1. The zero-order valence-electron chi connectivity index (χ0n) is 11.8. The third-order valence-electron chi connectivity index (χ3n) is 2.92. The molecular formula is C16H17N3O2. The molecule has 1 heterocycles. The van der Waals surface area contributed by atoms with Crippen LogP contribution in [0.3, 0.4) is 0 Å². The first-order valence-corrected chi connectivity index (χ1v) is 6.67. The summed E-state index contributed by atoms with van der Waals surface area (Å²) in [5, 5.41) is 18.1. The number of carbonyl (C=O) groups excluding carboxylic acids is 1. The number of nitrogens with one attached hydrogen (secondary N) is 2. The molecule has 1 aromatic carbocycles. The summed E-state index contributed by atoms with van der Waals surface area (Å²) in [6, 6.07) is 7.65. The Morgan fingerprint density at radius 2 is 2.33 bits per heavy atom. The van der Waals surface area contributed by atoms with Crippen molar-refractivity contribution in [2.24, 2.45) is 0 Å². The first-order chi connectivity index (χ1) is 10.2. The van der Waals surface area contributed by atoms with Crippen molar-refractivity contribution in [3.05, 3.63) is 52.8 Å². The van der Waals surface area contributed by atoms with E-state index in [0.717, 1.165) is 16.8 Å². The van der Waals surface area contributed by atoms with E-state index in [-0.39, 0.29) is 12.5 Å². The Labute approximate surface area is 123 Å². The van der Waals surface area contributed by atoms with Crippen LogP contribution >= 0.6 is 0 Å². The molecule has 1 aromatic heterocycles. The Bertz CT molecular complexity index is 680. The van der Waals surface area contributed by atoms with Gasteiger partial charge in [0.15, 0.2) is 0 Å². The monoisotopic (exact) mass is 283 g/mol. The van der Waals surface area contributed by atoms with Gasteiger partial charge in [-0.2, -0.15) is 5.10 Å². The number of hydrogen-bond acceptors (Lipinski definition) is 3. The van der Waals surface area contributed by atoms with Crippen LogP contribution in [-0.4, -0.2) is 27.8 Å². The summed E-state index contributed by atoms with van der Waals surface area (Å²) in [6.07, 6.45) is 1.97. The summed E-state index contributed by atoms with van der Waals surface area (Å²) in [5.74, 6) is 5.69. The lowest BCUT2D eigenvalue weighted by Crippen LogP contribution is -2.23. The number of nitrogens with zero attached hydrogens (tertiary/aromatic N) is 1. The van der Waals surface area contributed by atoms with Crippen LogP contribution in [0.25, 0.3) is 0 Å². The van der Waals surface area contributed by atoms with Crippen molar-refractivity contribution in [2.75, 3.05) is 6.61 Å². The second-order valence-electron chi connectivity index (χ2n) is 4.57. The summed E-state index contributed by atoms with van der Waals surface area (Å²) in [7, 11) is 0. The topological polar surface area (TPSA) is 78.0 Å². The van der Waals surface area contributed by atoms with Crippen molar-refractivity contribution >= 4 is 5.91 Å². The molecule has 108 valence electrons. The van der Waals surface area contributed by atoms with Gasteiger partial charge in [0.1, 0.15) is 0 Å². The van der Waals surface area contributed by atoms with E-state index in [1.165, 1.54) is 6.20 Å². The molecule has 0 aliphatic carbocycles. The summed E-state index contributed by atoms with van der Waals surface area (Å²) in [4.78, 5) is 12.0. The van der Waals surface area contributed by atoms with E-state index in [4.69, 9.17) is 5.11 Å². The van der Waals surface area contributed by atoms with Gasteiger partial charge in [-0.1, -0.05) is 24.0 Å². The normalized spacial score (nSPS) is 9.81. The second kappa shape index (κ2) is 7.27. The summed E-state index contributed by atoms with van der Waals surface area (Å²) in [5.41, 5.74) is 3.14. The first-order valence-electron chi connectivity index (χ1n) is 6.67. The lowest BCUT2D eigenvalue weighted by molar-refractivity contribution is 0.0950. The maximum absolute atomic E-state index is 12.0. The van der Waals surface area contributed by atoms with E-state index >= 15 is 0 Å². The third-order valence-corrected chi connectivity index (χ3v) is 2.92. The van der Waals surface area contributed by atoms with E-state index in [1.807, 2.05) is 24.3 Å². The lowest BCUT2D eigenvalue weighted by atomic mass is 10.1. The molecular weight excluding hydrogens is 266 g/mol. The Hall–Kier alpha value is -2.58. The van der Waals surface area contributed by atoms with Gasteiger partial charge in [0.2, 0.25) is 0 Å². The maximum atomic E-state index is 12.0. The van der Waals surface area contributed by atoms with E-state index in [1.54, 1.807) is 6.92 Å². The molecule has 0 fully saturated rings. The maximum Gasteiger partial charge on any atom is 0.255 e. The molecule has 5 heteroatoms. The summed E-state index contributed by atoms with van der Waals surface area (Å²) in [6.45, 7) is 2.30. The fourth-order valence-corrected chi connectivity index (χ4v) is 1.84. The van der Waals surface area contributed by atoms with Gasteiger partial charge in [0, 0.05) is 24.2 Å². The number of rotatable bonds is 4. The molecule has 3 N–H and O–H groups in total. The Morgan fingerprint density at radius 1 is 1.48 bits per heavy atom. The number of aliphatic hydroxyl groups excluding tert-OH is 1. The van der Waals surface area contributed by atoms with Crippen LogP contribution in [0.5, 0.6) is 0 Å². The van der Waals surface area contributed by atoms with Crippen LogP contribution in [0, 0.1) is 18.8 Å². The van der Waals surface area contributed by atoms with Crippen LogP contribution in [0.15, 0.2) is 30.5 Å². The number of H-pyrrole nitrogens is 1. The standard InChI is InChI=1S/C16H17N3O2/c1-12-15(11-18-19-12)16(21)17-10-14-7-4-6-13(9-14)5-2-3-8-20/h4,6-7,9,11,20H,3,8,10H2,1H3,(H,17,21)(H,18,19). The zero-order chi connectivity index (χ0) is 15.1. The minimum Gasteiger partial charge on any atom is -0.395 e. The van der Waals surface area contributed by atoms with Crippen LogP contribution in [0.1, 0.15) is 33.6 Å². The Morgan fingerprint density at radius 3 is 3.05 bits per heavy atom. The number of benzene rings is 1. The molecule has 0 aliphatic rings. The number of amides is 1. The van der Waals surface area contributed by atoms with Crippen molar-refractivity contribution < 1.29 is 9.90 Å². The van der Waals surface area contributed by atoms with Gasteiger partial charge in [0.25, 0.3) is 5.91 Å². The lowest BCUT2D eigenvalue weighted by Gasteiger charge is -2.05. The molecule has 0 aliphatic heterocycles. The molecule has 0 bridgehead atoms. The molecule has 0 saturated carbocycles. The highest BCUT2D eigenvalue weighted by molar-refractivity contribution is 5.94. The zero-order valence-corrected chi connectivity index (χ0v) is 11.8. The van der Waals surface area contributed by atoms with Crippen molar-refractivity contribution in [3.63, 3.8) is 0 Å². The molecule has 5 nitrogen and oxygen atoms in total. The van der Waals surface area contributed by atoms with Crippen molar-refractivity contribution in [1.29, 1.82) is 0 Å². The molecule has 0 saturated heterocycles. The van der Waals surface area contributed by atoms with Gasteiger partial charge in [-0.25, -0.2) is 0 Å². The predicted octanol–water partition coefficient (Wildman–Crippen LogP) is 1.38. The number of aryl methyl sites for hydroxylation is 1. The number of hydrogen-bond donors (Lipinski definition) is 3. The molecule has 0 atom stereocenters. The van der Waals surface area contributed by atoms with E-state index in [2.05, 4.69) is 27.4 Å². The van der Waals surface area contributed by atoms with Crippen LogP contribution in [-0.2, 0) is 6.54 Å². The van der Waals surface area contributed by atoms with Gasteiger partial charge in [-0.3, -0.25) is 9.89 Å². The molecule has 2 rings (SSSR count). The highest BCUT2D eigenvalue weighted by atomic mass is 16.2. The van der Waals surface area contributed by atoms with E-state index in [0.29, 0.717) is 18.5 Å². The second-order valence-corrected chi connectivity index (χ2v) is 4.57. The van der Waals surface area contributed by atoms with E-state index in [9.17, 15) is 4.79 Å². The van der Waals surface area contributed by atoms with Gasteiger partial charge in [-0.15, -0.1) is 0 Å². The molecule has 0 unspecified atom stereocenters. The highest BCUT2D eigenvalue weighted by Gasteiger charge is 2.09. The largest absolute Gasteiger partial charge is 0.395 e. The SMILES string of the molecule is Cc1[nH]ncc1C(=O)NCc1cccc(C#CCCO)c1. The fraction of sp³-hybridized carbons (Fsp3) is 0.250. The Kier molecular flexibility index (Phi) is 5.13. The van der Waals surface area contributed by atoms with Crippen LogP contribution in [0.4, 0.5) is 0 Å². The van der Waals surface area contributed by atoms with Gasteiger partial charge in [0.05, 0.1) is 18.4 Å². The molecule has 0 radical (unpaired) electrons. The van der Waals surface area contributed by atoms with Gasteiger partial charge >= 0.3 is 0 Å². The number of carbonyl (C=O) groups is 1. The minimum atomic E-state index is -0.155. The third kappa shape index (κ3) is 4.20. The smallest absolute Gasteiger partial charge is 0.255 e. The quantitative estimate of drug-likeness (QED) is 0.742. The number of aromatic nitrogens is 2. The highest BCUT2D eigenvalue weighted by Crippen LogP contribution is 2.06. The Balaban J connectivity index is 1.98. The van der Waals surface area contributed by atoms with Crippen LogP contribution in [0.2, 0.25) is 0 Å². The predicted molar refractivity (Wildman–Crippen MR) is 79.5 cm³/mol. The van der Waals surface area contributed by atoms with Gasteiger partial charge in [-0.05, 0) is 24.6 Å². The summed E-state index contributed by atoms with van der Waals surface area (Å²) >= 11 is 0. The first kappa shape index (κ1) is 14.8. The average Bonchev–Trinajstić information content (AvgIpc) is 2.92. The average molecular weight is 283 g/mol. The molecule has 1 amide bonds. The molecule has 2 aromatic rings. The van der Waals surface area contributed by atoms with Crippen molar-refractivity contribution in [2.45, 2.75) is 19.9 Å². The summed E-state index contributed by atoms with van der Waals surface area (Å²) < 4.78 is 0. The minimum absolute atomic E-state index is 0.0623. The molecule has 21 heavy (non-hydrogen) atoms. The van der Waals surface area contributed by atoms with Crippen LogP contribution < -0.4 is 5.32 Å². The van der Waals surface area contributed by atoms with Gasteiger partial charge < -0.3 is 10.4 Å². The fourth-order valence-electron chi connectivity index (χ4n) is 1.84. The van der Waals surface area contributed by atoms with Crippen molar-refractivity contribution in [1.82, 2.24) is 15.5 Å². The number of aliphatic hydroxyl groups is 1. The molecule has 0 spiro atoms. The van der Waals surface area contributed by atoms with E-state index < -0.39 is 0 Å².